The number of aromatic nitrogens is 1. The lowest BCUT2D eigenvalue weighted by Gasteiger charge is -2.08. The van der Waals surface area contributed by atoms with E-state index in [-0.39, 0.29) is 22.8 Å². The third-order valence-corrected chi connectivity index (χ3v) is 4.55. The quantitative estimate of drug-likeness (QED) is 0.481. The molecule has 0 radical (unpaired) electrons. The van der Waals surface area contributed by atoms with Gasteiger partial charge in [0.2, 0.25) is 5.78 Å². The van der Waals surface area contributed by atoms with Gasteiger partial charge in [-0.3, -0.25) is 4.79 Å². The van der Waals surface area contributed by atoms with Crippen LogP contribution in [0, 0.1) is 0 Å². The number of rotatable bonds is 4. The Labute approximate surface area is 150 Å². The zero-order valence-corrected chi connectivity index (χ0v) is 13.9. The van der Waals surface area contributed by atoms with Crippen molar-refractivity contribution in [2.75, 3.05) is 0 Å². The van der Waals surface area contributed by atoms with E-state index in [1.807, 2.05) is 36.4 Å². The molecule has 128 valence electrons. The molecule has 0 aliphatic heterocycles. The molecule has 0 unspecified atom stereocenters. The maximum absolute atomic E-state index is 13.1. The summed E-state index contributed by atoms with van der Waals surface area (Å²) in [6, 6.07) is 21.3. The smallest absolute Gasteiger partial charge is 0.213 e. The first-order valence-electron chi connectivity index (χ1n) is 8.34. The van der Waals surface area contributed by atoms with Gasteiger partial charge in [-0.2, -0.15) is 0 Å². The van der Waals surface area contributed by atoms with Gasteiger partial charge in [-0.1, -0.05) is 48.5 Å². The lowest BCUT2D eigenvalue weighted by molar-refractivity contribution is 0.103. The van der Waals surface area contributed by atoms with Crippen molar-refractivity contribution in [1.29, 1.82) is 0 Å². The van der Waals surface area contributed by atoms with Crippen molar-refractivity contribution in [3.05, 3.63) is 95.2 Å². The number of phenols is 2. The number of para-hydroxylation sites is 3. The van der Waals surface area contributed by atoms with Gasteiger partial charge in [-0.15, -0.1) is 0 Å². The third kappa shape index (κ3) is 2.71. The molecule has 26 heavy (non-hydrogen) atoms. The molecule has 0 bridgehead atoms. The van der Waals surface area contributed by atoms with Crippen LogP contribution in [0.1, 0.15) is 27.2 Å². The van der Waals surface area contributed by atoms with E-state index in [0.717, 1.165) is 22.0 Å². The first kappa shape index (κ1) is 16.0. The van der Waals surface area contributed by atoms with Crippen LogP contribution in [0.4, 0.5) is 0 Å². The number of ketones is 1. The minimum atomic E-state index is -0.273. The van der Waals surface area contributed by atoms with Gasteiger partial charge in [-0.05, 0) is 35.4 Å². The summed E-state index contributed by atoms with van der Waals surface area (Å²) in [6.07, 6.45) is 0.408. The monoisotopic (exact) mass is 343 g/mol. The van der Waals surface area contributed by atoms with Crippen LogP contribution in [-0.4, -0.2) is 21.0 Å². The second-order valence-electron chi connectivity index (χ2n) is 6.18. The van der Waals surface area contributed by atoms with Crippen LogP contribution >= 0.6 is 0 Å². The van der Waals surface area contributed by atoms with E-state index in [1.165, 1.54) is 6.07 Å². The molecule has 0 saturated carbocycles. The number of carbonyl (C=O) groups excluding carboxylic acids is 1. The molecule has 0 fully saturated rings. The molecule has 4 rings (SSSR count). The largest absolute Gasteiger partial charge is 0.508 e. The van der Waals surface area contributed by atoms with E-state index in [2.05, 4.69) is 4.98 Å². The first-order chi connectivity index (χ1) is 12.6. The number of aromatic hydroxyl groups is 2. The molecule has 4 nitrogen and oxygen atoms in total. The van der Waals surface area contributed by atoms with Crippen molar-refractivity contribution >= 4 is 16.7 Å². The molecule has 4 aromatic rings. The number of benzene rings is 3. The van der Waals surface area contributed by atoms with Crippen LogP contribution in [-0.2, 0) is 6.42 Å². The zero-order valence-electron chi connectivity index (χ0n) is 13.9. The van der Waals surface area contributed by atoms with Crippen LogP contribution < -0.4 is 0 Å². The summed E-state index contributed by atoms with van der Waals surface area (Å²) < 4.78 is 0. The zero-order chi connectivity index (χ0) is 18.1. The Morgan fingerprint density at radius 2 is 1.46 bits per heavy atom. The topological polar surface area (TPSA) is 73.3 Å². The highest BCUT2D eigenvalue weighted by molar-refractivity contribution is 6.13. The summed E-state index contributed by atoms with van der Waals surface area (Å²) in [5.74, 6) is -0.131. The normalized spacial score (nSPS) is 10.9. The number of H-pyrrole nitrogens is 1. The molecular formula is C22H17NO3. The van der Waals surface area contributed by atoms with Crippen molar-refractivity contribution in [2.45, 2.75) is 6.42 Å². The summed E-state index contributed by atoms with van der Waals surface area (Å²) >= 11 is 0. The number of fused-ring (bicyclic) bond motifs is 1. The van der Waals surface area contributed by atoms with Gasteiger partial charge in [0.1, 0.15) is 11.5 Å². The van der Waals surface area contributed by atoms with Crippen molar-refractivity contribution in [1.82, 2.24) is 4.98 Å². The lowest BCUT2D eigenvalue weighted by atomic mass is 9.97. The van der Waals surface area contributed by atoms with Gasteiger partial charge in [0.25, 0.3) is 0 Å². The number of hydrogen-bond acceptors (Lipinski definition) is 3. The summed E-state index contributed by atoms with van der Waals surface area (Å²) in [6.45, 7) is 0. The second kappa shape index (κ2) is 6.41. The molecule has 3 N–H and O–H groups in total. The molecule has 1 aromatic heterocycles. The maximum Gasteiger partial charge on any atom is 0.213 e. The molecule has 0 saturated heterocycles. The van der Waals surface area contributed by atoms with Crippen LogP contribution in [0.15, 0.2) is 72.8 Å². The maximum atomic E-state index is 13.1. The van der Waals surface area contributed by atoms with E-state index in [4.69, 9.17) is 0 Å². The Balaban J connectivity index is 1.88. The minimum Gasteiger partial charge on any atom is -0.508 e. The molecule has 0 aliphatic rings. The average molecular weight is 343 g/mol. The van der Waals surface area contributed by atoms with E-state index in [9.17, 15) is 15.0 Å². The van der Waals surface area contributed by atoms with E-state index >= 15 is 0 Å². The van der Waals surface area contributed by atoms with Gasteiger partial charge < -0.3 is 15.2 Å². The van der Waals surface area contributed by atoms with Gasteiger partial charge in [0.05, 0.1) is 11.3 Å². The van der Waals surface area contributed by atoms with Crippen molar-refractivity contribution < 1.29 is 15.0 Å². The van der Waals surface area contributed by atoms with E-state index < -0.39 is 0 Å². The molecule has 3 aromatic carbocycles. The standard InChI is InChI=1S/C22H17NO3/c24-19-11-5-1-7-14(19)13-17-15-8-2-4-10-18(15)23-21(17)22(26)16-9-3-6-12-20(16)25/h1-12,23-25H,13H2. The number of phenolic OH excluding ortho intramolecular Hbond substituents is 2. The fraction of sp³-hybridized carbons (Fsp3) is 0.0455. The predicted molar refractivity (Wildman–Crippen MR) is 101 cm³/mol. The van der Waals surface area contributed by atoms with Crippen molar-refractivity contribution in [2.24, 2.45) is 0 Å². The number of carbonyl (C=O) groups is 1. The van der Waals surface area contributed by atoms with E-state index in [0.29, 0.717) is 12.1 Å². The van der Waals surface area contributed by atoms with Crippen LogP contribution in [0.5, 0.6) is 11.5 Å². The third-order valence-electron chi connectivity index (χ3n) is 4.55. The van der Waals surface area contributed by atoms with Gasteiger partial charge >= 0.3 is 0 Å². The van der Waals surface area contributed by atoms with Gasteiger partial charge in [-0.25, -0.2) is 0 Å². The predicted octanol–water partition coefficient (Wildman–Crippen LogP) is 4.40. The van der Waals surface area contributed by atoms with Crippen LogP contribution in [0.25, 0.3) is 10.9 Å². The molecule has 0 atom stereocenters. The Kier molecular flexibility index (Phi) is 3.93. The van der Waals surface area contributed by atoms with Crippen molar-refractivity contribution in [3.63, 3.8) is 0 Å². The highest BCUT2D eigenvalue weighted by Crippen LogP contribution is 2.30. The summed E-state index contributed by atoms with van der Waals surface area (Å²) in [5.41, 5.74) is 3.06. The van der Waals surface area contributed by atoms with Gasteiger partial charge in [0.15, 0.2) is 0 Å². The molecule has 0 amide bonds. The van der Waals surface area contributed by atoms with E-state index in [1.54, 1.807) is 30.3 Å². The summed E-state index contributed by atoms with van der Waals surface area (Å²) in [7, 11) is 0. The number of nitrogens with one attached hydrogen (secondary N) is 1. The summed E-state index contributed by atoms with van der Waals surface area (Å²) in [5, 5.41) is 21.1. The summed E-state index contributed by atoms with van der Waals surface area (Å²) in [4.78, 5) is 16.3. The van der Waals surface area contributed by atoms with Crippen molar-refractivity contribution in [3.8, 4) is 11.5 Å². The Bertz CT molecular complexity index is 1110. The lowest BCUT2D eigenvalue weighted by Crippen LogP contribution is -2.06. The number of hydrogen-bond donors (Lipinski definition) is 3. The Morgan fingerprint density at radius 1 is 0.808 bits per heavy atom. The molecule has 0 aliphatic carbocycles. The Morgan fingerprint density at radius 3 is 2.23 bits per heavy atom. The number of aromatic amines is 1. The fourth-order valence-electron chi connectivity index (χ4n) is 3.23. The highest BCUT2D eigenvalue weighted by atomic mass is 16.3. The fourth-order valence-corrected chi connectivity index (χ4v) is 3.23. The molecule has 0 spiro atoms. The molecule has 4 heteroatoms. The minimum absolute atomic E-state index is 0.0512. The molecule has 1 heterocycles. The second-order valence-corrected chi connectivity index (χ2v) is 6.18. The van der Waals surface area contributed by atoms with Crippen LogP contribution in [0.3, 0.4) is 0 Å². The Hall–Kier alpha value is -3.53. The average Bonchev–Trinajstić information content (AvgIpc) is 3.02. The molecular weight excluding hydrogens is 326 g/mol. The first-order valence-corrected chi connectivity index (χ1v) is 8.34. The van der Waals surface area contributed by atoms with Crippen LogP contribution in [0.2, 0.25) is 0 Å². The highest BCUT2D eigenvalue weighted by Gasteiger charge is 2.21. The SMILES string of the molecule is O=C(c1ccccc1O)c1[nH]c2ccccc2c1Cc1ccccc1O. The van der Waals surface area contributed by atoms with Gasteiger partial charge in [0, 0.05) is 17.3 Å².